The zero-order chi connectivity index (χ0) is 94.6. The Kier molecular flexibility index (Phi) is 37.3. The quantitative estimate of drug-likeness (QED) is 0.0180. The molecule has 0 atom stereocenters. The van der Waals surface area contributed by atoms with Gasteiger partial charge in [-0.15, -0.1) is 15.0 Å². The topological polar surface area (TPSA) is 330 Å². The highest BCUT2D eigenvalue weighted by Crippen LogP contribution is 2.47. The number of β-amino-alcohol motifs (C(OH)–C–C–N with tert-alkyl or cyclic N) is 2. The van der Waals surface area contributed by atoms with Crippen LogP contribution in [0.1, 0.15) is 276 Å². The van der Waals surface area contributed by atoms with Crippen molar-refractivity contribution in [1.82, 2.24) is 39.4 Å². The minimum Gasteiger partial charge on any atom is -0.434 e. The molecule has 8 heterocycles. The predicted molar refractivity (Wildman–Crippen MR) is 538 cm³/mol. The van der Waals surface area contributed by atoms with Gasteiger partial charge in [-0.1, -0.05) is 161 Å². The van der Waals surface area contributed by atoms with E-state index in [4.69, 9.17) is 29.2 Å². The van der Waals surface area contributed by atoms with E-state index in [9.17, 15) is 48.6 Å². The number of aliphatic imine (C=N–C) groups is 3. The first-order chi connectivity index (χ1) is 64.2. The van der Waals surface area contributed by atoms with Crippen molar-refractivity contribution in [2.75, 3.05) is 122 Å². The van der Waals surface area contributed by atoms with Gasteiger partial charge in [0.1, 0.15) is 13.2 Å². The molecule has 5 aromatic rings. The number of carbonyl (C=O) groups is 8. The summed E-state index contributed by atoms with van der Waals surface area (Å²) in [5.74, 6) is 0.767. The van der Waals surface area contributed by atoms with Crippen molar-refractivity contribution in [2.45, 2.75) is 223 Å². The summed E-state index contributed by atoms with van der Waals surface area (Å²) in [7, 11) is 3.68. The highest BCUT2D eigenvalue weighted by molar-refractivity contribution is 6.45. The molecule has 4 fully saturated rings. The summed E-state index contributed by atoms with van der Waals surface area (Å²) in [4.78, 5) is 140. The van der Waals surface area contributed by atoms with Gasteiger partial charge < -0.3 is 84.6 Å². The lowest BCUT2D eigenvalue weighted by molar-refractivity contribution is -0.111. The van der Waals surface area contributed by atoms with E-state index in [2.05, 4.69) is 144 Å². The number of likely N-dealkylation sites (N-methyl/N-ethyl adjacent to an activating group) is 4. The highest BCUT2D eigenvalue weighted by Gasteiger charge is 2.38. The molecule has 29 heteroatoms. The number of nitrogens with one attached hydrogen (secondary N) is 4. The number of hydrogen-bond acceptors (Lipinski definition) is 16. The van der Waals surface area contributed by atoms with Gasteiger partial charge in [0, 0.05) is 169 Å². The predicted octanol–water partition coefficient (Wildman–Crippen LogP) is 20.6. The molecule has 7 aliphatic heterocycles. The third-order valence-electron chi connectivity index (χ3n) is 27.5. The molecular weight excluding hydrogens is 1720 g/mol. The first-order valence-electron chi connectivity index (χ1n) is 47.0. The van der Waals surface area contributed by atoms with Crippen molar-refractivity contribution in [3.05, 3.63) is 235 Å². The molecule has 136 heavy (non-hydrogen) atoms. The average Bonchev–Trinajstić information content (AvgIpc) is 0.950. The van der Waals surface area contributed by atoms with E-state index in [1.807, 2.05) is 81.1 Å². The van der Waals surface area contributed by atoms with E-state index in [0.29, 0.717) is 125 Å². The SMILES string of the molecule is C.C.C.Cc1cnc(C(=O)Cc2ccc(C3COC(=O)OC3)cc2C2=CCCCC2)[nH]1.[C-]#[N+]C1=CCC(C(=O)Nc2ccc(C3CN(C)C(=O)N(C)C3)cc2C2=CCC(CC)(CC)CC2)=N1.[C-]#[N+]C1=CCC(C(=O)Nc2ccc(C3CN(CC)C(=O)N(CC)C3)cc2C2=CCC(C)(C)CC2)=N1.[C-]#[N+]C1=CCC(C(=O)Nc2ccc(C3CN(CCO)C(=O)N(CCO)C3)cc2C2=CCCCC2)=N1. The number of aryl methyl sites for hydroxylation is 1. The fourth-order valence-electron chi connectivity index (χ4n) is 19.2. The molecule has 0 radical (unpaired) electrons. The Labute approximate surface area is 802 Å². The number of H-pyrrole nitrogens is 1. The first-order valence-corrected chi connectivity index (χ1v) is 47.0. The zero-order valence-electron chi connectivity index (χ0n) is 78.2. The van der Waals surface area contributed by atoms with Crippen LogP contribution in [-0.4, -0.2) is 220 Å². The van der Waals surface area contributed by atoms with Crippen molar-refractivity contribution >= 4 is 104 Å². The van der Waals surface area contributed by atoms with Gasteiger partial charge in [0.25, 0.3) is 35.2 Å². The summed E-state index contributed by atoms with van der Waals surface area (Å²) in [5, 5.41) is 28.0. The number of aromatic amines is 1. The highest BCUT2D eigenvalue weighted by atomic mass is 16.7. The van der Waals surface area contributed by atoms with E-state index >= 15 is 0 Å². The van der Waals surface area contributed by atoms with Crippen molar-refractivity contribution in [3.63, 3.8) is 0 Å². The summed E-state index contributed by atoms with van der Waals surface area (Å²) >= 11 is 0. The number of aliphatic hydroxyl groups is 2. The molecule has 4 aliphatic carbocycles. The lowest BCUT2D eigenvalue weighted by Crippen LogP contribution is -2.53. The maximum atomic E-state index is 13.0. The van der Waals surface area contributed by atoms with Gasteiger partial charge in [-0.05, 0) is 214 Å². The monoisotopic (exact) mass is 1850 g/mol. The van der Waals surface area contributed by atoms with Crippen LogP contribution in [0, 0.1) is 37.5 Å². The molecular formula is C107H137N17O12. The number of hydrogen-bond donors (Lipinski definition) is 6. The smallest absolute Gasteiger partial charge is 0.434 e. The molecule has 0 saturated carbocycles. The van der Waals surface area contributed by atoms with Crippen LogP contribution in [0.3, 0.4) is 0 Å². The summed E-state index contributed by atoms with van der Waals surface area (Å²) < 4.78 is 10.1. The first kappa shape index (κ1) is 105. The van der Waals surface area contributed by atoms with Crippen LogP contribution in [0.25, 0.3) is 36.8 Å². The number of cyclic esters (lactones) is 2. The van der Waals surface area contributed by atoms with E-state index in [1.165, 1.54) is 52.7 Å². The number of aliphatic hydroxyl groups excluding tert-OH is 2. The second-order valence-corrected chi connectivity index (χ2v) is 36.9. The van der Waals surface area contributed by atoms with Gasteiger partial charge in [-0.2, -0.15) is 0 Å². The van der Waals surface area contributed by atoms with E-state index in [-0.39, 0.29) is 137 Å². The Morgan fingerprint density at radius 1 is 0.493 bits per heavy atom. The Balaban J connectivity index is 0.000000187. The van der Waals surface area contributed by atoms with Crippen LogP contribution in [-0.2, 0) is 30.3 Å². The van der Waals surface area contributed by atoms with Gasteiger partial charge in [0.15, 0.2) is 23.0 Å². The molecule has 6 N–H and O–H groups in total. The number of imidazole rings is 1. The number of benzene rings is 4. The molecule has 9 amide bonds. The number of allylic oxidation sites excluding steroid dienone is 11. The van der Waals surface area contributed by atoms with Gasteiger partial charge in [-0.3, -0.25) is 19.2 Å². The molecule has 11 aliphatic rings. The Morgan fingerprint density at radius 2 is 0.890 bits per heavy atom. The fraction of sp³-hybridized carbons (Fsp3) is 0.486. The number of anilines is 3. The molecule has 1 aromatic heterocycles. The van der Waals surface area contributed by atoms with E-state index in [1.54, 1.807) is 44.0 Å². The van der Waals surface area contributed by atoms with Crippen LogP contribution >= 0.6 is 0 Å². The van der Waals surface area contributed by atoms with Crippen LogP contribution < -0.4 is 16.0 Å². The number of urea groups is 3. The van der Waals surface area contributed by atoms with E-state index in [0.717, 1.165) is 139 Å². The number of amides is 9. The minimum absolute atomic E-state index is 0. The zero-order valence-corrected chi connectivity index (χ0v) is 78.2. The molecule has 16 rings (SSSR count). The number of ketones is 1. The summed E-state index contributed by atoms with van der Waals surface area (Å²) in [6.07, 6.45) is 33.8. The Morgan fingerprint density at radius 3 is 1.26 bits per heavy atom. The third-order valence-corrected chi connectivity index (χ3v) is 27.5. The number of aromatic nitrogens is 2. The number of ether oxygens (including phenoxy) is 2. The fourth-order valence-corrected chi connectivity index (χ4v) is 19.2. The van der Waals surface area contributed by atoms with Crippen molar-refractivity contribution in [1.29, 1.82) is 0 Å². The number of Topliss-reactive ketones (excluding diaryl/α,β-unsaturated/α-hetero) is 1. The molecule has 4 aromatic carbocycles. The summed E-state index contributed by atoms with van der Waals surface area (Å²) in [6.45, 7) is 42.4. The second-order valence-electron chi connectivity index (χ2n) is 36.9. The van der Waals surface area contributed by atoms with Crippen molar-refractivity contribution < 1.29 is 58.0 Å². The normalized spacial score (nSPS) is 18.8. The maximum absolute atomic E-state index is 13.0. The molecule has 4 saturated heterocycles. The molecule has 29 nitrogen and oxygen atoms in total. The summed E-state index contributed by atoms with van der Waals surface area (Å²) in [6, 6.07) is 24.6. The average molecular weight is 1850 g/mol. The number of nitrogens with zero attached hydrogens (tertiary/aromatic N) is 13. The number of rotatable bonds is 25. The van der Waals surface area contributed by atoms with Crippen LogP contribution in [0.5, 0.6) is 0 Å². The Bertz CT molecular complexity index is 5680. The van der Waals surface area contributed by atoms with E-state index < -0.39 is 6.16 Å². The molecule has 0 bridgehead atoms. The van der Waals surface area contributed by atoms with Crippen molar-refractivity contribution in [3.8, 4) is 0 Å². The third kappa shape index (κ3) is 25.9. The van der Waals surface area contributed by atoms with Crippen LogP contribution in [0.4, 0.5) is 36.2 Å². The minimum atomic E-state index is -0.609. The van der Waals surface area contributed by atoms with Gasteiger partial charge in [-0.25, -0.2) is 24.2 Å². The number of carbonyl (C=O) groups excluding carboxylic acids is 8. The standard InChI is InChI=1S/2C28H35N5O2.C26H31N5O4.C22H24N2O4.3CH4/c1-6-28(7-2)14-12-19(13-15-28)22-16-20(21-17-32(4)27(35)33(5)18-21)8-9-23(22)31-26(34)24-10-11-25(29-3)30-24;1-6-32-17-21(18-33(7-2)27(32)35)20-8-9-23(31-26(34)24-10-11-25(29-5)30-24)22(16-20)19-12-14-28(3,4)15-13-19;1-27-24-10-9-23(28-24)25(34)29-22-8-7-19(15-21(22)18-5-3-2-4-6-18)20-16-30(11-13-32)26(35)31(17-20)12-14-33;1-14-11-23-21(24-14)20(25)10-17-8-7-16(18-12-27-22(26)28-13-18)9-19(17)15-5-3-2-4-6-15;;;/h8-9,11-12,16,21H,6-7,10,13-15,17-18H2,1-2,4-5H3,(H,31,34);8-9,11-12,16,21H,6-7,10,13-15,17-18H2,1-4H3,(H,31,34);5,7-8,10,15,20,32-33H,2-4,6,9,11-14,16-17H2,(H,29,34);5,7-9,11,18H,2-4,6,10,12-13H2,1H3,(H,23,24);3*1H4. The van der Waals surface area contributed by atoms with Gasteiger partial charge >= 0.3 is 24.2 Å². The lowest BCUT2D eigenvalue weighted by Gasteiger charge is -2.40. The summed E-state index contributed by atoms with van der Waals surface area (Å²) in [5.41, 5.74) is 19.5. The van der Waals surface area contributed by atoms with Gasteiger partial charge in [0.2, 0.25) is 5.78 Å². The maximum Gasteiger partial charge on any atom is 0.508 e. The Hall–Kier alpha value is -13.2. The van der Waals surface area contributed by atoms with Crippen LogP contribution in [0.15, 0.2) is 154 Å². The van der Waals surface area contributed by atoms with Crippen LogP contribution in [0.2, 0.25) is 0 Å². The van der Waals surface area contributed by atoms with Crippen molar-refractivity contribution in [2.24, 2.45) is 25.8 Å². The largest absolute Gasteiger partial charge is 0.508 e. The molecule has 0 unspecified atom stereocenters. The second kappa shape index (κ2) is 48.3. The molecule has 0 spiro atoms. The van der Waals surface area contributed by atoms with Gasteiger partial charge in [0.05, 0.1) is 19.1 Å². The lowest BCUT2D eigenvalue weighted by atomic mass is 9.70. The molecule has 722 valence electrons.